The highest BCUT2D eigenvalue weighted by atomic mass is 16.3. The Morgan fingerprint density at radius 1 is 1.50 bits per heavy atom. The molecule has 0 radical (unpaired) electrons. The van der Waals surface area contributed by atoms with E-state index >= 15 is 0 Å². The lowest BCUT2D eigenvalue weighted by atomic mass is 10.1. The number of rotatable bonds is 3. The highest BCUT2D eigenvalue weighted by molar-refractivity contribution is 4.72. The minimum Gasteiger partial charge on any atom is -0.393 e. The smallest absolute Gasteiger partial charge is 0.0564 e. The topological polar surface area (TPSA) is 49.5 Å². The molecule has 12 heavy (non-hydrogen) atoms. The van der Waals surface area contributed by atoms with Gasteiger partial charge in [0, 0.05) is 19.6 Å². The van der Waals surface area contributed by atoms with E-state index in [4.69, 9.17) is 5.73 Å². The number of aliphatic hydroxyl groups is 1. The molecule has 3 heteroatoms. The monoisotopic (exact) mass is 172 g/mol. The Labute approximate surface area is 74.5 Å². The van der Waals surface area contributed by atoms with Crippen molar-refractivity contribution in [2.45, 2.75) is 25.9 Å². The van der Waals surface area contributed by atoms with Gasteiger partial charge in [-0.15, -0.1) is 0 Å². The molecule has 72 valence electrons. The number of nitrogens with zero attached hydrogens (tertiary/aromatic N) is 1. The van der Waals surface area contributed by atoms with Crippen LogP contribution in [0, 0.1) is 5.92 Å². The summed E-state index contributed by atoms with van der Waals surface area (Å²) in [5.74, 6) is 0.584. The van der Waals surface area contributed by atoms with Crippen LogP contribution in [0.15, 0.2) is 0 Å². The predicted molar refractivity (Wildman–Crippen MR) is 49.9 cm³/mol. The first-order chi connectivity index (χ1) is 5.72. The summed E-state index contributed by atoms with van der Waals surface area (Å²) in [6.07, 6.45) is 1.80. The summed E-state index contributed by atoms with van der Waals surface area (Å²) < 4.78 is 0. The van der Waals surface area contributed by atoms with Gasteiger partial charge in [0.15, 0.2) is 0 Å². The molecule has 3 N–H and O–H groups in total. The van der Waals surface area contributed by atoms with E-state index in [1.807, 2.05) is 0 Å². The molecule has 0 aliphatic carbocycles. The third-order valence-electron chi connectivity index (χ3n) is 2.53. The lowest BCUT2D eigenvalue weighted by molar-refractivity contribution is 0.0766. The van der Waals surface area contributed by atoms with Gasteiger partial charge in [0.1, 0.15) is 0 Å². The highest BCUT2D eigenvalue weighted by Gasteiger charge is 2.17. The normalized spacial score (nSPS) is 24.2. The maximum absolute atomic E-state index is 9.27. The largest absolute Gasteiger partial charge is 0.393 e. The van der Waals surface area contributed by atoms with E-state index in [0.717, 1.165) is 39.0 Å². The molecule has 0 aromatic rings. The lowest BCUT2D eigenvalue weighted by Gasteiger charge is -2.31. The van der Waals surface area contributed by atoms with Crippen molar-refractivity contribution in [1.29, 1.82) is 0 Å². The predicted octanol–water partition coefficient (Wildman–Crippen LogP) is 0.0379. The number of aliphatic hydroxyl groups excluding tert-OH is 1. The van der Waals surface area contributed by atoms with E-state index < -0.39 is 0 Å². The Morgan fingerprint density at radius 3 is 2.58 bits per heavy atom. The molecule has 3 nitrogen and oxygen atoms in total. The Morgan fingerprint density at radius 2 is 2.08 bits per heavy atom. The molecule has 1 atom stereocenters. The van der Waals surface area contributed by atoms with E-state index in [1.165, 1.54) is 0 Å². The maximum atomic E-state index is 9.27. The summed E-state index contributed by atoms with van der Waals surface area (Å²) in [6, 6.07) is 0. The van der Waals surface area contributed by atoms with Gasteiger partial charge in [-0.3, -0.25) is 0 Å². The van der Waals surface area contributed by atoms with Gasteiger partial charge in [-0.05, 0) is 25.3 Å². The minimum atomic E-state index is -0.0607. The molecule has 1 unspecified atom stereocenters. The van der Waals surface area contributed by atoms with Crippen molar-refractivity contribution in [3.63, 3.8) is 0 Å². The molecule has 0 spiro atoms. The van der Waals surface area contributed by atoms with Gasteiger partial charge >= 0.3 is 0 Å². The first-order valence-electron chi connectivity index (χ1n) is 4.83. The van der Waals surface area contributed by atoms with Crippen LogP contribution in [0.25, 0.3) is 0 Å². The molecular formula is C9H20N2O. The van der Waals surface area contributed by atoms with E-state index in [-0.39, 0.29) is 6.10 Å². The molecule has 1 fully saturated rings. The van der Waals surface area contributed by atoms with Gasteiger partial charge in [-0.25, -0.2) is 0 Å². The van der Waals surface area contributed by atoms with Crippen LogP contribution in [-0.2, 0) is 0 Å². The summed E-state index contributed by atoms with van der Waals surface area (Å²) >= 11 is 0. The second kappa shape index (κ2) is 4.80. The first-order valence-corrected chi connectivity index (χ1v) is 4.83. The van der Waals surface area contributed by atoms with Crippen LogP contribution in [0.5, 0.6) is 0 Å². The zero-order chi connectivity index (χ0) is 8.97. The number of piperidine rings is 1. The minimum absolute atomic E-state index is 0.0607. The molecule has 1 aliphatic heterocycles. The van der Waals surface area contributed by atoms with Gasteiger partial charge in [-0.2, -0.15) is 0 Å². The van der Waals surface area contributed by atoms with Crippen LogP contribution < -0.4 is 5.73 Å². The summed E-state index contributed by atoms with van der Waals surface area (Å²) in [4.78, 5) is 2.39. The molecule has 0 amide bonds. The number of hydrogen-bond acceptors (Lipinski definition) is 3. The number of likely N-dealkylation sites (tertiary alicyclic amines) is 1. The zero-order valence-corrected chi connectivity index (χ0v) is 7.87. The third-order valence-corrected chi connectivity index (χ3v) is 2.53. The van der Waals surface area contributed by atoms with Crippen LogP contribution in [0.2, 0.25) is 0 Å². The van der Waals surface area contributed by atoms with Crippen molar-refractivity contribution in [3.8, 4) is 0 Å². The quantitative estimate of drug-likeness (QED) is 0.632. The fourth-order valence-electron chi connectivity index (χ4n) is 1.62. The summed E-state index contributed by atoms with van der Waals surface area (Å²) in [5, 5.41) is 9.27. The summed E-state index contributed by atoms with van der Waals surface area (Å²) in [6.45, 7) is 6.09. The molecule has 1 aliphatic rings. The fourth-order valence-corrected chi connectivity index (χ4v) is 1.62. The average Bonchev–Trinajstić information content (AvgIpc) is 2.09. The Kier molecular flexibility index (Phi) is 3.98. The molecule has 0 bridgehead atoms. The van der Waals surface area contributed by atoms with Crippen molar-refractivity contribution >= 4 is 0 Å². The van der Waals surface area contributed by atoms with Gasteiger partial charge < -0.3 is 15.7 Å². The molecule has 0 saturated carbocycles. The van der Waals surface area contributed by atoms with Crippen molar-refractivity contribution in [3.05, 3.63) is 0 Å². The van der Waals surface area contributed by atoms with Gasteiger partial charge in [0.25, 0.3) is 0 Å². The molecule has 0 aromatic carbocycles. The van der Waals surface area contributed by atoms with Crippen molar-refractivity contribution in [2.75, 3.05) is 26.2 Å². The second-order valence-electron chi connectivity index (χ2n) is 3.87. The van der Waals surface area contributed by atoms with E-state index in [2.05, 4.69) is 11.8 Å². The second-order valence-corrected chi connectivity index (χ2v) is 3.87. The molecule has 1 rings (SSSR count). The highest BCUT2D eigenvalue weighted by Crippen LogP contribution is 2.11. The van der Waals surface area contributed by atoms with Gasteiger partial charge in [-0.1, -0.05) is 6.92 Å². The molecule has 0 aromatic heterocycles. The van der Waals surface area contributed by atoms with Crippen LogP contribution in [-0.4, -0.2) is 42.3 Å². The SMILES string of the molecule is CC(CN)CN1CCC(O)CC1. The van der Waals surface area contributed by atoms with Crippen LogP contribution >= 0.6 is 0 Å². The van der Waals surface area contributed by atoms with E-state index in [1.54, 1.807) is 0 Å². The Bertz CT molecular complexity index is 122. The van der Waals surface area contributed by atoms with Crippen LogP contribution in [0.4, 0.5) is 0 Å². The lowest BCUT2D eigenvalue weighted by Crippen LogP contribution is -2.39. The van der Waals surface area contributed by atoms with E-state index in [9.17, 15) is 5.11 Å². The van der Waals surface area contributed by atoms with Crippen LogP contribution in [0.3, 0.4) is 0 Å². The van der Waals surface area contributed by atoms with Crippen molar-refractivity contribution in [2.24, 2.45) is 11.7 Å². The summed E-state index contributed by atoms with van der Waals surface area (Å²) in [5.41, 5.74) is 5.54. The van der Waals surface area contributed by atoms with Crippen LogP contribution in [0.1, 0.15) is 19.8 Å². The Hall–Kier alpha value is -0.120. The summed E-state index contributed by atoms with van der Waals surface area (Å²) in [7, 11) is 0. The number of nitrogens with two attached hydrogens (primary N) is 1. The maximum Gasteiger partial charge on any atom is 0.0564 e. The van der Waals surface area contributed by atoms with Gasteiger partial charge in [0.2, 0.25) is 0 Å². The average molecular weight is 172 g/mol. The zero-order valence-electron chi connectivity index (χ0n) is 7.87. The van der Waals surface area contributed by atoms with E-state index in [0.29, 0.717) is 5.92 Å². The third kappa shape index (κ3) is 3.09. The fraction of sp³-hybridized carbons (Fsp3) is 1.00. The molecule has 1 heterocycles. The molecular weight excluding hydrogens is 152 g/mol. The van der Waals surface area contributed by atoms with Gasteiger partial charge in [0.05, 0.1) is 6.10 Å². The number of hydrogen-bond donors (Lipinski definition) is 2. The van der Waals surface area contributed by atoms with Crippen molar-refractivity contribution in [1.82, 2.24) is 4.90 Å². The first kappa shape index (κ1) is 9.96. The Balaban J connectivity index is 2.17. The molecule has 1 saturated heterocycles. The van der Waals surface area contributed by atoms with Crippen molar-refractivity contribution < 1.29 is 5.11 Å². The standard InChI is InChI=1S/C9H20N2O/c1-8(6-10)7-11-4-2-9(12)3-5-11/h8-9,12H,2-7,10H2,1H3.